The molecule has 0 bridgehead atoms. The van der Waals surface area contributed by atoms with E-state index < -0.39 is 0 Å². The fourth-order valence-electron chi connectivity index (χ4n) is 5.34. The molecule has 0 unspecified atom stereocenters. The highest BCUT2D eigenvalue weighted by Gasteiger charge is 2.35. The molecule has 2 saturated carbocycles. The van der Waals surface area contributed by atoms with Gasteiger partial charge < -0.3 is 15.5 Å². The minimum atomic E-state index is -0.146. The first-order valence-corrected chi connectivity index (χ1v) is 11.2. The van der Waals surface area contributed by atoms with Crippen LogP contribution in [0.3, 0.4) is 0 Å². The zero-order valence-electron chi connectivity index (χ0n) is 16.8. The van der Waals surface area contributed by atoms with Crippen molar-refractivity contribution in [3.05, 3.63) is 29.8 Å². The van der Waals surface area contributed by atoms with Crippen molar-refractivity contribution in [3.8, 4) is 0 Å². The molecular weight excluding hydrogens is 350 g/mol. The second-order valence-corrected chi connectivity index (χ2v) is 8.76. The Balaban J connectivity index is 1.34. The summed E-state index contributed by atoms with van der Waals surface area (Å²) in [6.45, 7) is 0.879. The molecule has 2 N–H and O–H groups in total. The number of carbonyl (C=O) groups excluding carboxylic acids is 2. The van der Waals surface area contributed by atoms with Gasteiger partial charge in [-0.15, -0.1) is 0 Å². The lowest BCUT2D eigenvalue weighted by molar-refractivity contribution is 0.0390. The molecule has 1 aliphatic heterocycles. The van der Waals surface area contributed by atoms with Gasteiger partial charge in [-0.3, -0.25) is 4.79 Å². The summed E-state index contributed by atoms with van der Waals surface area (Å²) in [6, 6.07) is 7.96. The van der Waals surface area contributed by atoms with Crippen molar-refractivity contribution in [2.75, 3.05) is 11.9 Å². The average Bonchev–Trinajstić information content (AvgIpc) is 2.74. The van der Waals surface area contributed by atoms with Gasteiger partial charge in [0.1, 0.15) is 0 Å². The maximum absolute atomic E-state index is 13.1. The smallest absolute Gasteiger partial charge is 0.319 e. The van der Waals surface area contributed by atoms with E-state index in [0.29, 0.717) is 12.0 Å². The number of hydrogen-bond acceptors (Lipinski definition) is 2. The molecule has 5 heteroatoms. The van der Waals surface area contributed by atoms with Gasteiger partial charge in [-0.1, -0.05) is 32.1 Å². The molecule has 0 aromatic heterocycles. The van der Waals surface area contributed by atoms with E-state index in [9.17, 15) is 9.59 Å². The van der Waals surface area contributed by atoms with E-state index >= 15 is 0 Å². The van der Waals surface area contributed by atoms with Gasteiger partial charge >= 0.3 is 6.03 Å². The highest BCUT2D eigenvalue weighted by Crippen LogP contribution is 2.36. The van der Waals surface area contributed by atoms with Crippen LogP contribution in [-0.2, 0) is 0 Å². The van der Waals surface area contributed by atoms with Crippen LogP contribution >= 0.6 is 0 Å². The average molecular weight is 384 g/mol. The number of nitrogens with zero attached hydrogens (tertiary/aromatic N) is 1. The van der Waals surface area contributed by atoms with E-state index in [-0.39, 0.29) is 18.0 Å². The third kappa shape index (κ3) is 4.50. The molecule has 1 heterocycles. The fraction of sp³-hybridized carbons (Fsp3) is 0.652. The lowest BCUT2D eigenvalue weighted by Gasteiger charge is -2.44. The van der Waals surface area contributed by atoms with Crippen molar-refractivity contribution in [1.29, 1.82) is 0 Å². The molecule has 5 nitrogen and oxygen atoms in total. The lowest BCUT2D eigenvalue weighted by Crippen LogP contribution is -2.49. The van der Waals surface area contributed by atoms with Crippen LogP contribution < -0.4 is 10.6 Å². The number of likely N-dealkylation sites (tertiary alicyclic amines) is 1. The lowest BCUT2D eigenvalue weighted by atomic mass is 9.78. The predicted molar refractivity (Wildman–Crippen MR) is 111 cm³/mol. The second-order valence-electron chi connectivity index (χ2n) is 8.76. The number of benzene rings is 1. The number of fused-ring (bicyclic) bond motifs is 1. The minimum absolute atomic E-state index is 0.146. The van der Waals surface area contributed by atoms with Gasteiger partial charge in [0.05, 0.1) is 0 Å². The first kappa shape index (κ1) is 19.3. The third-order valence-corrected chi connectivity index (χ3v) is 6.83. The van der Waals surface area contributed by atoms with E-state index in [0.717, 1.165) is 43.5 Å². The van der Waals surface area contributed by atoms with Crippen molar-refractivity contribution < 1.29 is 9.59 Å². The summed E-state index contributed by atoms with van der Waals surface area (Å²) < 4.78 is 0. The fourth-order valence-corrected chi connectivity index (χ4v) is 5.34. The third-order valence-electron chi connectivity index (χ3n) is 6.83. The van der Waals surface area contributed by atoms with Crippen LogP contribution in [0.2, 0.25) is 0 Å². The number of hydrogen-bond donors (Lipinski definition) is 2. The standard InChI is InChI=1S/C23H33N3O2/c27-22(26-16-6-8-17-7-4-5-11-21(17)26)18-12-14-20(15-13-18)25-23(28)24-19-9-2-1-3-10-19/h12-15,17,19,21H,1-11,16H2,(H2,24,25,28)/t17-,21-/m0/s1. The minimum Gasteiger partial charge on any atom is -0.335 e. The molecule has 152 valence electrons. The van der Waals surface area contributed by atoms with E-state index in [2.05, 4.69) is 15.5 Å². The van der Waals surface area contributed by atoms with Gasteiger partial charge in [0, 0.05) is 29.9 Å². The Bertz CT molecular complexity index is 680. The number of carbonyl (C=O) groups is 2. The van der Waals surface area contributed by atoms with Crippen LogP contribution in [0, 0.1) is 5.92 Å². The highest BCUT2D eigenvalue weighted by molar-refractivity contribution is 5.96. The molecule has 1 saturated heterocycles. The Labute approximate surface area is 168 Å². The van der Waals surface area contributed by atoms with Crippen LogP contribution in [0.1, 0.15) is 81.0 Å². The molecular formula is C23H33N3O2. The Kier molecular flexibility index (Phi) is 6.18. The summed E-state index contributed by atoms with van der Waals surface area (Å²) in [5, 5.41) is 5.97. The molecule has 2 atom stereocenters. The van der Waals surface area contributed by atoms with Crippen molar-refractivity contribution in [2.45, 2.75) is 82.7 Å². The zero-order valence-corrected chi connectivity index (χ0v) is 16.8. The van der Waals surface area contributed by atoms with E-state index in [1.54, 1.807) is 0 Å². The molecule has 0 spiro atoms. The summed E-state index contributed by atoms with van der Waals surface area (Å²) in [7, 11) is 0. The largest absolute Gasteiger partial charge is 0.335 e. The first-order valence-electron chi connectivity index (χ1n) is 11.2. The number of anilines is 1. The van der Waals surface area contributed by atoms with E-state index in [1.165, 1.54) is 44.9 Å². The van der Waals surface area contributed by atoms with Gasteiger partial charge in [-0.25, -0.2) is 4.79 Å². The zero-order chi connectivity index (χ0) is 19.3. The first-order chi connectivity index (χ1) is 13.7. The molecule has 2 aliphatic carbocycles. The van der Waals surface area contributed by atoms with Crippen molar-refractivity contribution in [2.24, 2.45) is 5.92 Å². The van der Waals surface area contributed by atoms with Gasteiger partial charge in [-0.05, 0) is 68.7 Å². The highest BCUT2D eigenvalue weighted by atomic mass is 16.2. The van der Waals surface area contributed by atoms with Crippen molar-refractivity contribution in [1.82, 2.24) is 10.2 Å². The summed E-state index contributed by atoms with van der Waals surface area (Å²) in [6.07, 6.45) is 13.2. The maximum atomic E-state index is 13.1. The van der Waals surface area contributed by atoms with Gasteiger partial charge in [0.2, 0.25) is 0 Å². The van der Waals surface area contributed by atoms with Crippen molar-refractivity contribution in [3.63, 3.8) is 0 Å². The Morgan fingerprint density at radius 2 is 1.50 bits per heavy atom. The second kappa shape index (κ2) is 8.97. The van der Waals surface area contributed by atoms with Gasteiger partial charge in [0.25, 0.3) is 5.91 Å². The summed E-state index contributed by atoms with van der Waals surface area (Å²) in [4.78, 5) is 27.4. The molecule has 1 aromatic carbocycles. The summed E-state index contributed by atoms with van der Waals surface area (Å²) in [5.74, 6) is 0.839. The summed E-state index contributed by atoms with van der Waals surface area (Å²) in [5.41, 5.74) is 1.46. The molecule has 3 fully saturated rings. The molecule has 3 amide bonds. The number of rotatable bonds is 3. The van der Waals surface area contributed by atoms with Crippen LogP contribution in [0.5, 0.6) is 0 Å². The topological polar surface area (TPSA) is 61.4 Å². The number of piperidine rings is 1. The number of nitrogens with one attached hydrogen (secondary N) is 2. The Morgan fingerprint density at radius 1 is 0.821 bits per heavy atom. The van der Waals surface area contributed by atoms with Gasteiger partial charge in [0.15, 0.2) is 0 Å². The monoisotopic (exact) mass is 383 g/mol. The molecule has 1 aromatic rings. The number of urea groups is 1. The number of amides is 3. The Morgan fingerprint density at radius 3 is 2.29 bits per heavy atom. The quantitative estimate of drug-likeness (QED) is 0.777. The van der Waals surface area contributed by atoms with Crippen LogP contribution in [0.15, 0.2) is 24.3 Å². The molecule has 28 heavy (non-hydrogen) atoms. The van der Waals surface area contributed by atoms with Gasteiger partial charge in [-0.2, -0.15) is 0 Å². The maximum Gasteiger partial charge on any atom is 0.319 e. The molecule has 0 radical (unpaired) electrons. The van der Waals surface area contributed by atoms with Crippen LogP contribution in [0.25, 0.3) is 0 Å². The Hall–Kier alpha value is -2.04. The van der Waals surface area contributed by atoms with Crippen LogP contribution in [0.4, 0.5) is 10.5 Å². The van der Waals surface area contributed by atoms with Crippen molar-refractivity contribution >= 4 is 17.6 Å². The van der Waals surface area contributed by atoms with Crippen LogP contribution in [-0.4, -0.2) is 35.5 Å². The molecule has 4 rings (SSSR count). The van der Waals surface area contributed by atoms with E-state index in [1.807, 2.05) is 24.3 Å². The predicted octanol–water partition coefficient (Wildman–Crippen LogP) is 4.94. The molecule has 3 aliphatic rings. The summed E-state index contributed by atoms with van der Waals surface area (Å²) >= 11 is 0. The normalized spacial score (nSPS) is 25.6. The SMILES string of the molecule is O=C(Nc1ccc(C(=O)N2CCC[C@@H]3CCCC[C@@H]32)cc1)NC1CCCCC1. The van der Waals surface area contributed by atoms with E-state index in [4.69, 9.17) is 0 Å².